The molecule has 1 unspecified atom stereocenters. The number of benzene rings is 8. The van der Waals surface area contributed by atoms with Crippen molar-refractivity contribution in [3.63, 3.8) is 0 Å². The van der Waals surface area contributed by atoms with Crippen molar-refractivity contribution in [2.24, 2.45) is 11.8 Å². The summed E-state index contributed by atoms with van der Waals surface area (Å²) in [5.41, 5.74) is 21.5. The van der Waals surface area contributed by atoms with Gasteiger partial charge in [-0.25, -0.2) is 0 Å². The minimum atomic E-state index is -1.61. The number of fused-ring (bicyclic) bond motifs is 4. The number of carbonyl (C=O) groups excluding carboxylic acids is 1. The van der Waals surface area contributed by atoms with Crippen LogP contribution in [0.3, 0.4) is 0 Å². The van der Waals surface area contributed by atoms with Gasteiger partial charge < -0.3 is 10.1 Å². The molecule has 3 fully saturated rings. The quantitative estimate of drug-likeness (QED) is 0.117. The molecular weight excluding hydrogens is 1250 g/mol. The van der Waals surface area contributed by atoms with E-state index in [1.165, 1.54) is 83.8 Å². The van der Waals surface area contributed by atoms with E-state index in [-0.39, 0.29) is 61.3 Å². The van der Waals surface area contributed by atoms with Gasteiger partial charge in [-0.05, 0) is 260 Å². The number of hydrogen-bond donors (Lipinski definition) is 1. The van der Waals surface area contributed by atoms with Crippen molar-refractivity contribution >= 4 is 40.6 Å². The molecule has 1 aromatic heterocycles. The van der Waals surface area contributed by atoms with Crippen LogP contribution < -0.4 is 26.0 Å². The van der Waals surface area contributed by atoms with Gasteiger partial charge in [0, 0.05) is 29.7 Å². The molecule has 532 valence electrons. The molecule has 3 aliphatic heterocycles. The van der Waals surface area contributed by atoms with Crippen LogP contribution in [-0.4, -0.2) is 42.0 Å². The molecule has 4 heterocycles. The number of pyridine rings is 1. The van der Waals surface area contributed by atoms with E-state index in [0.29, 0.717) is 17.4 Å². The molecule has 9 aromatic rings. The maximum absolute atomic E-state index is 16.9. The van der Waals surface area contributed by atoms with Crippen LogP contribution in [0.1, 0.15) is 259 Å². The number of methoxy groups -OCH3 is 1. The maximum Gasteiger partial charge on any atom is 0.252 e. The normalized spacial score (nSPS) is 17.6. The average molecular weight is 1370 g/mol. The van der Waals surface area contributed by atoms with Crippen LogP contribution in [0, 0.1) is 11.8 Å². The standard InChI is InChI=1S/C95H120N3O2P/c1-27-59-58-98-37-35-60(59)52-84(98)86(80-34-36-96-83-33-32-77(100-26)57-82(80)83)97-87(99)81-30-28-29-31-85(81)101(78-48-61(65-40-69(88(2,3)4)53-70(41-65)89(5,6)7)38-62(49-78)66-42-71(90(8,9)10)54-72(43-66)91(11,12)13)79-50-63(67-44-73(92(14,15)16)55-74(45-67)93(17,18)19)39-64(51-79)68-46-75(94(20,21)22)56-76(47-68)95(23,24)25/h28-34,36,38-51,53-57,59-60,84,86H,27,35,37,52,58H2,1-26H3,(H,97,99)/t59-,60-,84-,86+/m0/s1. The lowest BCUT2D eigenvalue weighted by Gasteiger charge is -2.52. The second kappa shape index (κ2) is 27.5. The first-order valence-electron chi connectivity index (χ1n) is 37.7. The molecule has 5 atom stereocenters. The van der Waals surface area contributed by atoms with Crippen LogP contribution in [0.5, 0.6) is 5.75 Å². The van der Waals surface area contributed by atoms with Gasteiger partial charge in [0.15, 0.2) is 0 Å². The third kappa shape index (κ3) is 16.4. The molecule has 8 aromatic carbocycles. The van der Waals surface area contributed by atoms with Gasteiger partial charge in [0.05, 0.1) is 18.7 Å². The maximum atomic E-state index is 16.9. The second-order valence-electron chi connectivity index (χ2n) is 38.3. The number of aromatic nitrogens is 1. The van der Waals surface area contributed by atoms with E-state index < -0.39 is 7.92 Å². The largest absolute Gasteiger partial charge is 0.497 e. The molecule has 2 bridgehead atoms. The van der Waals surface area contributed by atoms with Gasteiger partial charge in [0.2, 0.25) is 0 Å². The van der Waals surface area contributed by atoms with Crippen molar-refractivity contribution in [1.29, 1.82) is 0 Å². The Morgan fingerprint density at radius 2 is 0.842 bits per heavy atom. The van der Waals surface area contributed by atoms with Crippen LogP contribution in [0.15, 0.2) is 164 Å². The minimum absolute atomic E-state index is 0.0748. The molecule has 101 heavy (non-hydrogen) atoms. The monoisotopic (exact) mass is 1370 g/mol. The highest BCUT2D eigenvalue weighted by molar-refractivity contribution is 7.80. The molecule has 0 radical (unpaired) electrons. The summed E-state index contributed by atoms with van der Waals surface area (Å²) in [5.74, 6) is 1.91. The summed E-state index contributed by atoms with van der Waals surface area (Å²) in [6.07, 6.45) is 5.28. The van der Waals surface area contributed by atoms with E-state index in [1.54, 1.807) is 7.11 Å². The first-order chi connectivity index (χ1) is 46.8. The van der Waals surface area contributed by atoms with E-state index in [0.717, 1.165) is 75.7 Å². The fourth-order valence-corrected chi connectivity index (χ4v) is 17.8. The SMILES string of the molecule is CC[C@H]1CN2CC[C@H]1C[C@H]2[C@H](NC(=O)c1ccccc1P(c1cc(-c2cc(C(C)(C)C)cc(C(C)(C)C)c2)cc(-c2cc(C(C)(C)C)cc(C(C)(C)C)c2)c1)c1cc(-c2cc(C(C)(C)C)cc(C(C)(C)C)c2)cc(-c2cc(C(C)(C)C)cc(C(C)(C)C)c2)c1)c1ccnc2ccc(OC)cc12. The molecule has 0 aliphatic carbocycles. The summed E-state index contributed by atoms with van der Waals surface area (Å²) in [5, 5.41) is 8.30. The summed E-state index contributed by atoms with van der Waals surface area (Å²) in [4.78, 5) is 24.5. The summed E-state index contributed by atoms with van der Waals surface area (Å²) in [7, 11) is 0.125. The third-order valence-electron chi connectivity index (χ3n) is 22.2. The Bertz CT molecular complexity index is 4050. The Kier molecular flexibility index (Phi) is 20.4. The topological polar surface area (TPSA) is 54.5 Å². The third-order valence-corrected chi connectivity index (χ3v) is 24.6. The number of amides is 1. The van der Waals surface area contributed by atoms with Gasteiger partial charge >= 0.3 is 0 Å². The number of piperidine rings is 3. The lowest BCUT2D eigenvalue weighted by molar-refractivity contribution is -0.0152. The lowest BCUT2D eigenvalue weighted by atomic mass is 9.72. The summed E-state index contributed by atoms with van der Waals surface area (Å²) >= 11 is 0. The predicted octanol–water partition coefficient (Wildman–Crippen LogP) is 23.6. The Morgan fingerprint density at radius 3 is 1.18 bits per heavy atom. The first kappa shape index (κ1) is 75.0. The smallest absolute Gasteiger partial charge is 0.252 e. The van der Waals surface area contributed by atoms with Gasteiger partial charge in [-0.3, -0.25) is 14.7 Å². The Balaban J connectivity index is 1.28. The van der Waals surface area contributed by atoms with Crippen molar-refractivity contribution in [3.8, 4) is 50.3 Å². The van der Waals surface area contributed by atoms with Crippen molar-refractivity contribution < 1.29 is 9.53 Å². The molecule has 3 aliphatic rings. The summed E-state index contributed by atoms with van der Waals surface area (Å²) < 4.78 is 5.94. The van der Waals surface area contributed by atoms with Gasteiger partial charge in [0.25, 0.3) is 5.91 Å². The highest BCUT2D eigenvalue weighted by atomic mass is 31.1. The first-order valence-corrected chi connectivity index (χ1v) is 39.0. The van der Waals surface area contributed by atoms with E-state index >= 15 is 4.79 Å². The molecule has 3 saturated heterocycles. The molecule has 5 nitrogen and oxygen atoms in total. The fourth-order valence-electron chi connectivity index (χ4n) is 15.2. The number of ether oxygens (including phenoxy) is 1. The molecule has 1 N–H and O–H groups in total. The number of rotatable bonds is 13. The highest BCUT2D eigenvalue weighted by Gasteiger charge is 2.44. The minimum Gasteiger partial charge on any atom is -0.497 e. The summed E-state index contributed by atoms with van der Waals surface area (Å²) in [6, 6.07) is 61.3. The van der Waals surface area contributed by atoms with Crippen LogP contribution in [0.2, 0.25) is 0 Å². The Morgan fingerprint density at radius 1 is 0.475 bits per heavy atom. The second-order valence-corrected chi connectivity index (χ2v) is 40.5. The summed E-state index contributed by atoms with van der Waals surface area (Å²) in [6.45, 7) is 60.7. The Labute approximate surface area is 611 Å². The zero-order chi connectivity index (χ0) is 73.6. The number of nitrogens with one attached hydrogen (secondary N) is 1. The fraction of sp³-hybridized carbons (Fsp3) is 0.453. The number of nitrogens with zero attached hydrogens (tertiary/aromatic N) is 2. The van der Waals surface area contributed by atoms with Crippen LogP contribution in [0.25, 0.3) is 55.4 Å². The predicted molar refractivity (Wildman–Crippen MR) is 437 cm³/mol. The zero-order valence-corrected chi connectivity index (χ0v) is 67.5. The van der Waals surface area contributed by atoms with Gasteiger partial charge in [-0.2, -0.15) is 0 Å². The Hall–Kier alpha value is -7.17. The number of carbonyl (C=O) groups is 1. The van der Waals surface area contributed by atoms with Crippen molar-refractivity contribution in [1.82, 2.24) is 15.2 Å². The van der Waals surface area contributed by atoms with E-state index in [1.807, 2.05) is 12.3 Å². The zero-order valence-electron chi connectivity index (χ0n) is 66.6. The van der Waals surface area contributed by atoms with Crippen molar-refractivity contribution in [2.45, 2.75) is 248 Å². The highest BCUT2D eigenvalue weighted by Crippen LogP contribution is 2.48. The van der Waals surface area contributed by atoms with Crippen molar-refractivity contribution in [3.05, 3.63) is 220 Å². The number of hydrogen-bond acceptors (Lipinski definition) is 4. The molecule has 6 heteroatoms. The van der Waals surface area contributed by atoms with Gasteiger partial charge in [-0.15, -0.1) is 0 Å². The van der Waals surface area contributed by atoms with Gasteiger partial charge in [-0.1, -0.05) is 271 Å². The van der Waals surface area contributed by atoms with E-state index in [9.17, 15) is 0 Å². The molecule has 0 saturated carbocycles. The van der Waals surface area contributed by atoms with Crippen LogP contribution in [0.4, 0.5) is 0 Å². The molecule has 12 rings (SSSR count). The van der Waals surface area contributed by atoms with E-state index in [2.05, 4.69) is 335 Å². The van der Waals surface area contributed by atoms with Gasteiger partial charge in [0.1, 0.15) is 5.75 Å². The van der Waals surface area contributed by atoms with Crippen LogP contribution in [-0.2, 0) is 43.3 Å². The average Bonchev–Trinajstić information content (AvgIpc) is 0.756. The molecule has 1 amide bonds. The van der Waals surface area contributed by atoms with E-state index in [4.69, 9.17) is 9.72 Å². The molecular formula is C95H120N3O2P. The van der Waals surface area contributed by atoms with Crippen LogP contribution >= 0.6 is 7.92 Å². The lowest BCUT2D eigenvalue weighted by Crippen LogP contribution is -2.57. The molecule has 0 spiro atoms. The van der Waals surface area contributed by atoms with Crippen molar-refractivity contribution in [2.75, 3.05) is 20.2 Å².